The number of sulfonamides is 1. The van der Waals surface area contributed by atoms with Crippen LogP contribution in [0, 0.1) is 17.0 Å². The Bertz CT molecular complexity index is 844. The molecular formula is C17H22ClN3O4S. The molecule has 0 radical (unpaired) electrons. The first-order chi connectivity index (χ1) is 11.9. The van der Waals surface area contributed by atoms with Crippen molar-refractivity contribution in [2.75, 3.05) is 13.1 Å². The number of nitro benzene ring substituents is 1. The number of nitrogens with zero attached hydrogens (tertiary/aromatic N) is 2. The second kappa shape index (κ2) is 9.63. The first-order valence-electron chi connectivity index (χ1n) is 7.85. The number of hydrogen-bond acceptors (Lipinski definition) is 5. The fraction of sp³-hybridized carbons (Fsp3) is 0.294. The van der Waals surface area contributed by atoms with Crippen LogP contribution in [0.1, 0.15) is 17.5 Å². The van der Waals surface area contributed by atoms with Crippen LogP contribution in [0.25, 0.3) is 0 Å². The zero-order valence-electron chi connectivity index (χ0n) is 14.4. The number of rotatable bonds is 8. The quantitative estimate of drug-likeness (QED) is 0.542. The van der Waals surface area contributed by atoms with Crippen molar-refractivity contribution in [3.8, 4) is 0 Å². The lowest BCUT2D eigenvalue weighted by Crippen LogP contribution is -2.33. The summed E-state index contributed by atoms with van der Waals surface area (Å²) in [6.07, 6.45) is 0.526. The summed E-state index contributed by atoms with van der Waals surface area (Å²) in [6, 6.07) is 13.0. The molecule has 9 heteroatoms. The van der Waals surface area contributed by atoms with Crippen molar-refractivity contribution in [3.63, 3.8) is 0 Å². The Hall–Kier alpha value is -2.00. The fourth-order valence-corrected chi connectivity index (χ4v) is 4.19. The number of aryl methyl sites for hydroxylation is 1. The molecule has 2 rings (SSSR count). The maximum Gasteiger partial charge on any atom is 0.269 e. The van der Waals surface area contributed by atoms with Gasteiger partial charge in [0.15, 0.2) is 0 Å². The van der Waals surface area contributed by atoms with Gasteiger partial charge >= 0.3 is 0 Å². The van der Waals surface area contributed by atoms with Crippen LogP contribution in [-0.2, 0) is 16.6 Å². The topological polar surface area (TPSA) is 107 Å². The monoisotopic (exact) mass is 399 g/mol. The van der Waals surface area contributed by atoms with Crippen molar-refractivity contribution in [2.24, 2.45) is 5.73 Å². The van der Waals surface area contributed by atoms with Gasteiger partial charge in [-0.15, -0.1) is 12.4 Å². The van der Waals surface area contributed by atoms with Gasteiger partial charge in [-0.05, 0) is 37.1 Å². The minimum atomic E-state index is -3.79. The average Bonchev–Trinajstić information content (AvgIpc) is 2.58. The molecule has 0 atom stereocenters. The summed E-state index contributed by atoms with van der Waals surface area (Å²) in [4.78, 5) is 10.4. The minimum absolute atomic E-state index is 0. The first-order valence-corrected chi connectivity index (χ1v) is 9.29. The van der Waals surface area contributed by atoms with Crippen molar-refractivity contribution in [1.29, 1.82) is 0 Å². The van der Waals surface area contributed by atoms with Crippen LogP contribution in [0.2, 0.25) is 0 Å². The van der Waals surface area contributed by atoms with Crippen molar-refractivity contribution >= 4 is 28.1 Å². The second-order valence-corrected chi connectivity index (χ2v) is 7.58. The molecule has 0 saturated heterocycles. The van der Waals surface area contributed by atoms with Crippen LogP contribution in [0.3, 0.4) is 0 Å². The summed E-state index contributed by atoms with van der Waals surface area (Å²) in [5.74, 6) is 0. The summed E-state index contributed by atoms with van der Waals surface area (Å²) < 4.78 is 27.5. The van der Waals surface area contributed by atoms with Gasteiger partial charge in [0.2, 0.25) is 10.0 Å². The van der Waals surface area contributed by atoms with E-state index in [-0.39, 0.29) is 36.1 Å². The van der Waals surface area contributed by atoms with Crippen LogP contribution >= 0.6 is 12.4 Å². The van der Waals surface area contributed by atoms with E-state index in [0.717, 1.165) is 5.56 Å². The van der Waals surface area contributed by atoms with E-state index in [2.05, 4.69) is 0 Å². The van der Waals surface area contributed by atoms with Crippen molar-refractivity contribution < 1.29 is 13.3 Å². The number of benzene rings is 2. The molecule has 0 unspecified atom stereocenters. The van der Waals surface area contributed by atoms with E-state index in [1.165, 1.54) is 22.5 Å². The smallest absolute Gasteiger partial charge is 0.269 e. The maximum atomic E-state index is 13.1. The molecule has 0 saturated carbocycles. The molecule has 0 aliphatic carbocycles. The molecule has 0 fully saturated rings. The molecule has 0 bridgehead atoms. The maximum absolute atomic E-state index is 13.1. The van der Waals surface area contributed by atoms with Gasteiger partial charge < -0.3 is 5.73 Å². The van der Waals surface area contributed by atoms with E-state index in [1.807, 2.05) is 30.3 Å². The Morgan fingerprint density at radius 1 is 1.15 bits per heavy atom. The van der Waals surface area contributed by atoms with Gasteiger partial charge in [0.25, 0.3) is 5.69 Å². The number of nitro groups is 1. The lowest BCUT2D eigenvalue weighted by molar-refractivity contribution is -0.385. The zero-order chi connectivity index (χ0) is 18.4. The largest absolute Gasteiger partial charge is 0.330 e. The number of halogens is 1. The van der Waals surface area contributed by atoms with E-state index >= 15 is 0 Å². The number of non-ortho nitro benzene ring substituents is 1. The molecule has 0 aromatic heterocycles. The highest BCUT2D eigenvalue weighted by molar-refractivity contribution is 7.89. The van der Waals surface area contributed by atoms with Crippen LogP contribution < -0.4 is 5.73 Å². The Balaban J connectivity index is 0.00000338. The lowest BCUT2D eigenvalue weighted by atomic mass is 10.2. The molecule has 142 valence electrons. The molecular weight excluding hydrogens is 378 g/mol. The van der Waals surface area contributed by atoms with E-state index in [9.17, 15) is 18.5 Å². The van der Waals surface area contributed by atoms with Crippen LogP contribution in [0.15, 0.2) is 53.4 Å². The summed E-state index contributed by atoms with van der Waals surface area (Å²) in [5, 5.41) is 10.9. The third-order valence-electron chi connectivity index (χ3n) is 3.80. The summed E-state index contributed by atoms with van der Waals surface area (Å²) >= 11 is 0. The van der Waals surface area contributed by atoms with E-state index in [1.54, 1.807) is 6.92 Å². The van der Waals surface area contributed by atoms with Gasteiger partial charge in [0.05, 0.1) is 9.82 Å². The number of hydrogen-bond donors (Lipinski definition) is 1. The van der Waals surface area contributed by atoms with Crippen molar-refractivity contribution in [2.45, 2.75) is 24.8 Å². The number of nitrogens with two attached hydrogens (primary N) is 1. The van der Waals surface area contributed by atoms with E-state index in [0.29, 0.717) is 18.5 Å². The Morgan fingerprint density at radius 2 is 1.81 bits per heavy atom. The molecule has 26 heavy (non-hydrogen) atoms. The third-order valence-corrected chi connectivity index (χ3v) is 5.81. The Morgan fingerprint density at radius 3 is 2.35 bits per heavy atom. The molecule has 7 nitrogen and oxygen atoms in total. The Labute approximate surface area is 159 Å². The second-order valence-electron chi connectivity index (χ2n) is 5.67. The molecule has 0 amide bonds. The zero-order valence-corrected chi connectivity index (χ0v) is 16.0. The molecule has 0 aliphatic rings. The van der Waals surface area contributed by atoms with Gasteiger partial charge in [0.1, 0.15) is 0 Å². The first kappa shape index (κ1) is 22.0. The van der Waals surface area contributed by atoms with Gasteiger partial charge in [-0.3, -0.25) is 10.1 Å². The third kappa shape index (κ3) is 5.25. The Kier molecular flexibility index (Phi) is 8.16. The fourth-order valence-electron chi connectivity index (χ4n) is 2.51. The highest BCUT2D eigenvalue weighted by Crippen LogP contribution is 2.25. The predicted molar refractivity (Wildman–Crippen MR) is 103 cm³/mol. The summed E-state index contributed by atoms with van der Waals surface area (Å²) in [5.41, 5.74) is 6.62. The van der Waals surface area contributed by atoms with Gasteiger partial charge in [-0.25, -0.2) is 8.42 Å². The van der Waals surface area contributed by atoms with Crippen LogP contribution in [0.5, 0.6) is 0 Å². The summed E-state index contributed by atoms with van der Waals surface area (Å²) in [6.45, 7) is 2.44. The van der Waals surface area contributed by atoms with Crippen molar-refractivity contribution in [3.05, 3.63) is 69.8 Å². The van der Waals surface area contributed by atoms with Crippen molar-refractivity contribution in [1.82, 2.24) is 4.31 Å². The van der Waals surface area contributed by atoms with Gasteiger partial charge in [0, 0.05) is 25.2 Å². The SMILES string of the molecule is Cc1cc([N+](=O)[O-])ccc1S(=O)(=O)N(CCCN)Cc1ccccc1.Cl. The molecule has 0 aliphatic heterocycles. The van der Waals surface area contributed by atoms with E-state index in [4.69, 9.17) is 5.73 Å². The minimum Gasteiger partial charge on any atom is -0.330 e. The van der Waals surface area contributed by atoms with E-state index < -0.39 is 14.9 Å². The van der Waals surface area contributed by atoms with Gasteiger partial charge in [-0.2, -0.15) is 4.31 Å². The highest BCUT2D eigenvalue weighted by atomic mass is 35.5. The van der Waals surface area contributed by atoms with Crippen LogP contribution in [-0.4, -0.2) is 30.7 Å². The molecule has 0 heterocycles. The van der Waals surface area contributed by atoms with Gasteiger partial charge in [-0.1, -0.05) is 30.3 Å². The molecule has 2 aromatic carbocycles. The normalized spacial score (nSPS) is 11.2. The van der Waals surface area contributed by atoms with Crippen LogP contribution in [0.4, 0.5) is 5.69 Å². The molecule has 2 aromatic rings. The molecule has 2 N–H and O–H groups in total. The molecule has 0 spiro atoms. The average molecular weight is 400 g/mol. The predicted octanol–water partition coefficient (Wildman–Crippen LogP) is 2.86. The standard InChI is InChI=1S/C17H21N3O4S.ClH/c1-14-12-16(20(21)22)8-9-17(14)25(23,24)19(11-5-10-18)13-15-6-3-2-4-7-15;/h2-4,6-9,12H,5,10-11,13,18H2,1H3;1H. The highest BCUT2D eigenvalue weighted by Gasteiger charge is 2.27. The lowest BCUT2D eigenvalue weighted by Gasteiger charge is -2.23. The summed E-state index contributed by atoms with van der Waals surface area (Å²) in [7, 11) is -3.79.